The van der Waals surface area contributed by atoms with Gasteiger partial charge in [-0.1, -0.05) is 147 Å². The fourth-order valence-electron chi connectivity index (χ4n) is 5.17. The zero-order valence-corrected chi connectivity index (χ0v) is 30.6. The van der Waals surface area contributed by atoms with E-state index in [1.807, 2.05) is 0 Å². The molecular weight excluding hydrogens is 572 g/mol. The van der Waals surface area contributed by atoms with Crippen molar-refractivity contribution >= 4 is 11.9 Å². The van der Waals surface area contributed by atoms with E-state index in [2.05, 4.69) is 57.2 Å². The van der Waals surface area contributed by atoms with Crippen LogP contribution >= 0.6 is 0 Å². The molecule has 0 rings (SSSR count). The topological polar surface area (TPSA) is 61.8 Å². The first kappa shape index (κ1) is 44.1. The first-order chi connectivity index (χ1) is 22.6. The van der Waals surface area contributed by atoms with E-state index in [4.69, 9.17) is 14.2 Å². The van der Waals surface area contributed by atoms with Gasteiger partial charge >= 0.3 is 11.9 Å². The van der Waals surface area contributed by atoms with Crippen molar-refractivity contribution in [1.29, 1.82) is 0 Å². The molecule has 5 heteroatoms. The summed E-state index contributed by atoms with van der Waals surface area (Å²) < 4.78 is 17.1. The molecule has 0 aliphatic carbocycles. The fraction of sp³-hybridized carbons (Fsp3) is 0.805. The Balaban J connectivity index is 4.20. The van der Waals surface area contributed by atoms with Crippen LogP contribution in [0.15, 0.2) is 36.5 Å². The van der Waals surface area contributed by atoms with Gasteiger partial charge in [-0.3, -0.25) is 9.59 Å². The van der Waals surface area contributed by atoms with E-state index in [0.29, 0.717) is 19.4 Å². The molecule has 0 amide bonds. The van der Waals surface area contributed by atoms with Crippen LogP contribution in [0.1, 0.15) is 188 Å². The monoisotopic (exact) mass is 647 g/mol. The van der Waals surface area contributed by atoms with Gasteiger partial charge in [0.15, 0.2) is 6.10 Å². The van der Waals surface area contributed by atoms with Crippen molar-refractivity contribution in [3.05, 3.63) is 36.5 Å². The average molecular weight is 647 g/mol. The molecule has 0 saturated carbocycles. The standard InChI is InChI=1S/C41H74O5/c1-4-7-10-13-16-18-20-21-23-24-26-28-31-34-40(42)45-38-39(37-44-36-33-30-15-12-9-6-3)46-41(43)35-32-29-27-25-22-19-17-14-11-8-5-2/h10,13-14,17-18,20,39H,4-9,11-12,15-16,19,21-38H2,1-3H3/b13-10-,17-14-,20-18-. The summed E-state index contributed by atoms with van der Waals surface area (Å²) in [6, 6.07) is 0. The second kappa shape index (κ2) is 37.6. The molecule has 46 heavy (non-hydrogen) atoms. The summed E-state index contributed by atoms with van der Waals surface area (Å²) >= 11 is 0. The van der Waals surface area contributed by atoms with Crippen LogP contribution in [0.5, 0.6) is 0 Å². The van der Waals surface area contributed by atoms with Crippen LogP contribution in [-0.4, -0.2) is 37.9 Å². The average Bonchev–Trinajstić information content (AvgIpc) is 3.05. The Morgan fingerprint density at radius 2 is 0.978 bits per heavy atom. The molecule has 0 N–H and O–H groups in total. The van der Waals surface area contributed by atoms with E-state index in [-0.39, 0.29) is 25.2 Å². The third-order valence-electron chi connectivity index (χ3n) is 8.13. The lowest BCUT2D eigenvalue weighted by molar-refractivity contribution is -0.163. The Morgan fingerprint density at radius 1 is 0.478 bits per heavy atom. The maximum Gasteiger partial charge on any atom is 0.306 e. The van der Waals surface area contributed by atoms with Crippen LogP contribution in [0.2, 0.25) is 0 Å². The number of esters is 2. The summed E-state index contributed by atoms with van der Waals surface area (Å²) in [6.45, 7) is 7.65. The van der Waals surface area contributed by atoms with Crippen molar-refractivity contribution in [1.82, 2.24) is 0 Å². The first-order valence-electron chi connectivity index (χ1n) is 19.5. The van der Waals surface area contributed by atoms with Gasteiger partial charge in [-0.15, -0.1) is 0 Å². The van der Waals surface area contributed by atoms with Crippen molar-refractivity contribution in [2.45, 2.75) is 194 Å². The van der Waals surface area contributed by atoms with Gasteiger partial charge in [-0.05, 0) is 64.2 Å². The van der Waals surface area contributed by atoms with Gasteiger partial charge in [0, 0.05) is 19.4 Å². The molecular formula is C41H74O5. The zero-order valence-electron chi connectivity index (χ0n) is 30.6. The number of unbranched alkanes of at least 4 members (excludes halogenated alkanes) is 18. The zero-order chi connectivity index (χ0) is 33.6. The number of carbonyl (C=O) groups is 2. The molecule has 1 atom stereocenters. The van der Waals surface area contributed by atoms with Crippen molar-refractivity contribution in [3.63, 3.8) is 0 Å². The Bertz CT molecular complexity index is 741. The minimum Gasteiger partial charge on any atom is -0.462 e. The molecule has 0 radical (unpaired) electrons. The number of ether oxygens (including phenoxy) is 3. The lowest BCUT2D eigenvalue weighted by atomic mass is 10.1. The van der Waals surface area contributed by atoms with Crippen LogP contribution < -0.4 is 0 Å². The third kappa shape index (κ3) is 35.0. The molecule has 0 fully saturated rings. The summed E-state index contributed by atoms with van der Waals surface area (Å²) in [7, 11) is 0. The second-order valence-corrected chi connectivity index (χ2v) is 12.8. The molecule has 0 aromatic heterocycles. The molecule has 0 aromatic rings. The SMILES string of the molecule is CCC/C=C\C/C=C\CCCCCCCC(=O)OCC(COCCCCCCCC)OC(=O)CCCCCCC/C=C\CCCC. The Labute approximate surface area is 285 Å². The minimum absolute atomic E-state index is 0.0762. The highest BCUT2D eigenvalue weighted by Gasteiger charge is 2.17. The molecule has 0 spiro atoms. The van der Waals surface area contributed by atoms with Gasteiger partial charge < -0.3 is 14.2 Å². The highest BCUT2D eigenvalue weighted by Crippen LogP contribution is 2.12. The van der Waals surface area contributed by atoms with Gasteiger partial charge in [0.05, 0.1) is 6.61 Å². The molecule has 0 bridgehead atoms. The predicted octanol–water partition coefficient (Wildman–Crippen LogP) is 12.3. The molecule has 5 nitrogen and oxygen atoms in total. The quantitative estimate of drug-likeness (QED) is 0.0389. The van der Waals surface area contributed by atoms with E-state index in [9.17, 15) is 9.59 Å². The fourth-order valence-corrected chi connectivity index (χ4v) is 5.17. The molecule has 0 aliphatic heterocycles. The van der Waals surface area contributed by atoms with Crippen molar-refractivity contribution < 1.29 is 23.8 Å². The normalized spacial score (nSPS) is 12.5. The second-order valence-electron chi connectivity index (χ2n) is 12.8. The van der Waals surface area contributed by atoms with Gasteiger partial charge in [0.2, 0.25) is 0 Å². The highest BCUT2D eigenvalue weighted by molar-refractivity contribution is 5.70. The van der Waals surface area contributed by atoms with E-state index >= 15 is 0 Å². The number of allylic oxidation sites excluding steroid dienone is 6. The Kier molecular flexibility index (Phi) is 36.0. The van der Waals surface area contributed by atoms with Crippen LogP contribution in [-0.2, 0) is 23.8 Å². The predicted molar refractivity (Wildman–Crippen MR) is 196 cm³/mol. The molecule has 0 aliphatic rings. The van der Waals surface area contributed by atoms with Crippen LogP contribution in [0.25, 0.3) is 0 Å². The summed E-state index contributed by atoms with van der Waals surface area (Å²) in [4.78, 5) is 25.0. The first-order valence-corrected chi connectivity index (χ1v) is 19.5. The molecule has 0 saturated heterocycles. The molecule has 0 aromatic carbocycles. The van der Waals surface area contributed by atoms with Crippen LogP contribution in [0.3, 0.4) is 0 Å². The van der Waals surface area contributed by atoms with E-state index in [0.717, 1.165) is 70.6 Å². The number of hydrogen-bond acceptors (Lipinski definition) is 5. The number of rotatable bonds is 35. The third-order valence-corrected chi connectivity index (χ3v) is 8.13. The summed E-state index contributed by atoms with van der Waals surface area (Å²) in [5.74, 6) is -0.429. The molecule has 0 heterocycles. The van der Waals surface area contributed by atoms with Crippen LogP contribution in [0.4, 0.5) is 0 Å². The van der Waals surface area contributed by atoms with Crippen molar-refractivity contribution in [3.8, 4) is 0 Å². The Morgan fingerprint density at radius 3 is 1.61 bits per heavy atom. The highest BCUT2D eigenvalue weighted by atomic mass is 16.6. The maximum absolute atomic E-state index is 12.6. The molecule has 1 unspecified atom stereocenters. The largest absolute Gasteiger partial charge is 0.462 e. The smallest absolute Gasteiger partial charge is 0.306 e. The van der Waals surface area contributed by atoms with E-state index < -0.39 is 6.10 Å². The van der Waals surface area contributed by atoms with Gasteiger partial charge in [-0.25, -0.2) is 0 Å². The number of hydrogen-bond donors (Lipinski definition) is 0. The number of carbonyl (C=O) groups excluding carboxylic acids is 2. The Hall–Kier alpha value is -1.88. The van der Waals surface area contributed by atoms with Gasteiger partial charge in [-0.2, -0.15) is 0 Å². The minimum atomic E-state index is -0.536. The van der Waals surface area contributed by atoms with Gasteiger partial charge in [0.1, 0.15) is 6.61 Å². The van der Waals surface area contributed by atoms with Gasteiger partial charge in [0.25, 0.3) is 0 Å². The van der Waals surface area contributed by atoms with E-state index in [1.165, 1.54) is 83.5 Å². The summed E-state index contributed by atoms with van der Waals surface area (Å²) in [5.41, 5.74) is 0. The lowest BCUT2D eigenvalue weighted by Crippen LogP contribution is -2.30. The van der Waals surface area contributed by atoms with Crippen molar-refractivity contribution in [2.75, 3.05) is 19.8 Å². The van der Waals surface area contributed by atoms with Crippen molar-refractivity contribution in [2.24, 2.45) is 0 Å². The van der Waals surface area contributed by atoms with Crippen LogP contribution in [0, 0.1) is 0 Å². The summed E-state index contributed by atoms with van der Waals surface area (Å²) in [6.07, 6.45) is 41.4. The van der Waals surface area contributed by atoms with E-state index in [1.54, 1.807) is 0 Å². The molecule has 268 valence electrons. The maximum atomic E-state index is 12.6. The lowest BCUT2D eigenvalue weighted by Gasteiger charge is -2.18. The summed E-state index contributed by atoms with van der Waals surface area (Å²) in [5, 5.41) is 0.